The molecule has 3 saturated carbocycles. The lowest BCUT2D eigenvalue weighted by Gasteiger charge is -2.24. The molecule has 78 valence electrons. The van der Waals surface area contributed by atoms with Crippen LogP contribution >= 0.6 is 0 Å². The van der Waals surface area contributed by atoms with Crippen LogP contribution in [-0.4, -0.2) is 30.7 Å². The molecule has 0 aromatic rings. The normalized spacial score (nSPS) is 56.8. The summed E-state index contributed by atoms with van der Waals surface area (Å²) in [6, 6.07) is 0. The van der Waals surface area contributed by atoms with E-state index in [0.29, 0.717) is 24.4 Å². The summed E-state index contributed by atoms with van der Waals surface area (Å²) >= 11 is 0. The van der Waals surface area contributed by atoms with Crippen molar-refractivity contribution < 1.29 is 14.6 Å². The van der Waals surface area contributed by atoms with Gasteiger partial charge in [0.25, 0.3) is 0 Å². The molecule has 1 saturated heterocycles. The maximum atomic E-state index is 9.58. The first-order chi connectivity index (χ1) is 6.83. The van der Waals surface area contributed by atoms with Crippen LogP contribution in [-0.2, 0) is 9.47 Å². The Labute approximate surface area is 83.4 Å². The van der Waals surface area contributed by atoms with Crippen molar-refractivity contribution in [1.29, 1.82) is 0 Å². The molecule has 0 unspecified atom stereocenters. The Bertz CT molecular complexity index is 284. The number of aliphatic hydroxyl groups is 1. The summed E-state index contributed by atoms with van der Waals surface area (Å²) in [5, 5.41) is 9.58. The Kier molecular flexibility index (Phi) is 1.26. The number of hydrogen-bond donors (Lipinski definition) is 1. The standard InChI is InChI=1S/C11H16O3/c12-6-10-7-1-2-8(10)9(10)11(5-7)13-3-4-14-11/h7-9,12H,1-6H2/t7-,8+,9-,10+/m1/s1. The molecular formula is C11H16O3. The third kappa shape index (κ3) is 0.613. The molecule has 4 rings (SSSR count). The molecule has 0 radical (unpaired) electrons. The number of hydrogen-bond acceptors (Lipinski definition) is 3. The van der Waals surface area contributed by atoms with Gasteiger partial charge in [-0.1, -0.05) is 0 Å². The van der Waals surface area contributed by atoms with Crippen molar-refractivity contribution in [3.8, 4) is 0 Å². The number of aliphatic hydroxyl groups excluding tert-OH is 1. The molecule has 4 fully saturated rings. The second-order valence-corrected chi connectivity index (χ2v) is 5.34. The summed E-state index contributed by atoms with van der Waals surface area (Å²) in [6.45, 7) is 1.84. The fraction of sp³-hybridized carbons (Fsp3) is 1.00. The van der Waals surface area contributed by atoms with Gasteiger partial charge >= 0.3 is 0 Å². The third-order valence-corrected chi connectivity index (χ3v) is 5.20. The highest BCUT2D eigenvalue weighted by molar-refractivity contribution is 5.27. The number of ether oxygens (including phenoxy) is 2. The Morgan fingerprint density at radius 1 is 1.21 bits per heavy atom. The van der Waals surface area contributed by atoms with Gasteiger partial charge in [-0.05, 0) is 24.7 Å². The molecule has 1 spiro atoms. The molecule has 0 aromatic heterocycles. The fourth-order valence-electron chi connectivity index (χ4n) is 4.77. The first-order valence-electron chi connectivity index (χ1n) is 5.72. The average Bonchev–Trinajstić information content (AvgIpc) is 2.49. The topological polar surface area (TPSA) is 38.7 Å². The minimum Gasteiger partial charge on any atom is -0.396 e. The molecule has 4 atom stereocenters. The molecule has 0 amide bonds. The Hall–Kier alpha value is -0.120. The molecular weight excluding hydrogens is 180 g/mol. The SMILES string of the molecule is OC[C@]12[C@@H]3CC[C@H]1[C@H]2C1(C3)OCCO1. The Morgan fingerprint density at radius 2 is 2.00 bits per heavy atom. The van der Waals surface area contributed by atoms with E-state index < -0.39 is 0 Å². The number of fused-ring (bicyclic) bond motifs is 2. The van der Waals surface area contributed by atoms with Crippen LogP contribution in [0.2, 0.25) is 0 Å². The molecule has 14 heavy (non-hydrogen) atoms. The van der Waals surface area contributed by atoms with Crippen LogP contribution in [0.15, 0.2) is 0 Å². The highest BCUT2D eigenvalue weighted by Gasteiger charge is 2.83. The molecule has 0 aromatic carbocycles. The van der Waals surface area contributed by atoms with Crippen molar-refractivity contribution in [3.05, 3.63) is 0 Å². The van der Waals surface area contributed by atoms with Gasteiger partial charge in [0.2, 0.25) is 0 Å². The minimum absolute atomic E-state index is 0.213. The van der Waals surface area contributed by atoms with Crippen molar-refractivity contribution in [1.82, 2.24) is 0 Å². The molecule has 1 heterocycles. The van der Waals surface area contributed by atoms with E-state index >= 15 is 0 Å². The van der Waals surface area contributed by atoms with E-state index in [1.165, 1.54) is 12.8 Å². The average molecular weight is 196 g/mol. The first-order valence-corrected chi connectivity index (χ1v) is 5.72. The summed E-state index contributed by atoms with van der Waals surface area (Å²) in [4.78, 5) is 0. The van der Waals surface area contributed by atoms with Gasteiger partial charge < -0.3 is 14.6 Å². The molecule has 3 nitrogen and oxygen atoms in total. The van der Waals surface area contributed by atoms with Crippen LogP contribution in [0.5, 0.6) is 0 Å². The van der Waals surface area contributed by atoms with Crippen LogP contribution in [0, 0.1) is 23.2 Å². The van der Waals surface area contributed by atoms with Crippen molar-refractivity contribution >= 4 is 0 Å². The van der Waals surface area contributed by atoms with Gasteiger partial charge in [0.15, 0.2) is 5.79 Å². The summed E-state index contributed by atoms with van der Waals surface area (Å²) in [6.07, 6.45) is 3.59. The van der Waals surface area contributed by atoms with Crippen LogP contribution in [0.4, 0.5) is 0 Å². The molecule has 4 aliphatic rings. The van der Waals surface area contributed by atoms with Crippen LogP contribution in [0.3, 0.4) is 0 Å². The van der Waals surface area contributed by atoms with Crippen LogP contribution in [0.25, 0.3) is 0 Å². The lowest BCUT2D eigenvalue weighted by molar-refractivity contribution is -0.171. The first kappa shape index (κ1) is 8.08. The maximum absolute atomic E-state index is 9.58. The predicted molar refractivity (Wildman–Crippen MR) is 48.5 cm³/mol. The summed E-state index contributed by atoms with van der Waals surface area (Å²) < 4.78 is 11.7. The van der Waals surface area contributed by atoms with E-state index in [-0.39, 0.29) is 11.2 Å². The maximum Gasteiger partial charge on any atom is 0.172 e. The number of rotatable bonds is 1. The van der Waals surface area contributed by atoms with E-state index in [2.05, 4.69) is 0 Å². The van der Waals surface area contributed by atoms with Gasteiger partial charge in [0.05, 0.1) is 13.2 Å². The minimum atomic E-state index is -0.269. The predicted octanol–water partition coefficient (Wildman–Crippen LogP) is 0.768. The van der Waals surface area contributed by atoms with E-state index in [1.807, 2.05) is 0 Å². The molecule has 3 aliphatic carbocycles. The molecule has 1 aliphatic heterocycles. The Morgan fingerprint density at radius 3 is 2.57 bits per heavy atom. The zero-order chi connectivity index (χ0) is 9.39. The second-order valence-electron chi connectivity index (χ2n) is 5.34. The zero-order valence-electron chi connectivity index (χ0n) is 8.24. The van der Waals surface area contributed by atoms with E-state index in [4.69, 9.17) is 9.47 Å². The second kappa shape index (κ2) is 2.18. The highest BCUT2D eigenvalue weighted by Crippen LogP contribution is 2.81. The van der Waals surface area contributed by atoms with Crippen LogP contribution in [0.1, 0.15) is 19.3 Å². The van der Waals surface area contributed by atoms with Gasteiger partial charge in [-0.2, -0.15) is 0 Å². The van der Waals surface area contributed by atoms with Crippen molar-refractivity contribution in [2.45, 2.75) is 25.0 Å². The summed E-state index contributed by atoms with van der Waals surface area (Å²) in [7, 11) is 0. The molecule has 0 bridgehead atoms. The smallest absolute Gasteiger partial charge is 0.172 e. The summed E-state index contributed by atoms with van der Waals surface area (Å²) in [5.41, 5.74) is 0.213. The molecule has 3 heteroatoms. The summed E-state index contributed by atoms with van der Waals surface area (Å²) in [5.74, 6) is 1.61. The van der Waals surface area contributed by atoms with E-state index in [1.54, 1.807) is 0 Å². The van der Waals surface area contributed by atoms with Gasteiger partial charge in [-0.15, -0.1) is 0 Å². The fourth-order valence-corrected chi connectivity index (χ4v) is 4.77. The monoisotopic (exact) mass is 196 g/mol. The molecule has 1 N–H and O–H groups in total. The van der Waals surface area contributed by atoms with Gasteiger partial charge in [0, 0.05) is 24.4 Å². The third-order valence-electron chi connectivity index (χ3n) is 5.20. The zero-order valence-corrected chi connectivity index (χ0v) is 8.24. The van der Waals surface area contributed by atoms with E-state index in [0.717, 1.165) is 19.6 Å². The van der Waals surface area contributed by atoms with Crippen molar-refractivity contribution in [3.63, 3.8) is 0 Å². The largest absolute Gasteiger partial charge is 0.396 e. The van der Waals surface area contributed by atoms with Crippen molar-refractivity contribution in [2.75, 3.05) is 19.8 Å². The lowest BCUT2D eigenvalue weighted by Crippen LogP contribution is -2.31. The van der Waals surface area contributed by atoms with Gasteiger partial charge in [-0.25, -0.2) is 0 Å². The quantitative estimate of drug-likeness (QED) is 0.673. The Balaban J connectivity index is 1.76. The lowest BCUT2D eigenvalue weighted by atomic mass is 9.93. The van der Waals surface area contributed by atoms with Gasteiger partial charge in [0.1, 0.15) is 0 Å². The highest BCUT2D eigenvalue weighted by atomic mass is 16.7. The van der Waals surface area contributed by atoms with Crippen molar-refractivity contribution in [2.24, 2.45) is 23.2 Å². The van der Waals surface area contributed by atoms with Crippen LogP contribution < -0.4 is 0 Å². The van der Waals surface area contributed by atoms with Gasteiger partial charge in [-0.3, -0.25) is 0 Å². The van der Waals surface area contributed by atoms with E-state index in [9.17, 15) is 5.11 Å².